The van der Waals surface area contributed by atoms with E-state index in [1.165, 1.54) is 5.56 Å². The van der Waals surface area contributed by atoms with Gasteiger partial charge in [-0.3, -0.25) is 0 Å². The van der Waals surface area contributed by atoms with Crippen LogP contribution in [0.15, 0.2) is 18.2 Å². The molecule has 0 saturated heterocycles. The van der Waals surface area contributed by atoms with E-state index in [1.54, 1.807) is 7.11 Å². The van der Waals surface area contributed by atoms with Gasteiger partial charge in [0.2, 0.25) is 0 Å². The largest absolute Gasteiger partial charge is 0.497 e. The van der Waals surface area contributed by atoms with Crippen LogP contribution in [0.4, 0.5) is 0 Å². The molecule has 18 heavy (non-hydrogen) atoms. The summed E-state index contributed by atoms with van der Waals surface area (Å²) >= 11 is 0. The van der Waals surface area contributed by atoms with Crippen molar-refractivity contribution in [1.29, 1.82) is 0 Å². The molecule has 1 aliphatic heterocycles. The van der Waals surface area contributed by atoms with Gasteiger partial charge >= 0.3 is 0 Å². The molecule has 1 aromatic rings. The minimum Gasteiger partial charge on any atom is -0.497 e. The van der Waals surface area contributed by atoms with E-state index >= 15 is 0 Å². The number of nitrogens with one attached hydrogen (secondary N) is 1. The number of fused-ring (bicyclic) bond motifs is 1. The van der Waals surface area contributed by atoms with Gasteiger partial charge in [-0.25, -0.2) is 0 Å². The molecule has 0 spiro atoms. The summed E-state index contributed by atoms with van der Waals surface area (Å²) in [6, 6.07) is 6.45. The highest BCUT2D eigenvalue weighted by Crippen LogP contribution is 2.40. The van der Waals surface area contributed by atoms with Gasteiger partial charge in [0, 0.05) is 11.6 Å². The first kappa shape index (κ1) is 13.2. The van der Waals surface area contributed by atoms with Crippen molar-refractivity contribution in [2.45, 2.75) is 45.3 Å². The number of methoxy groups -OCH3 is 1. The highest BCUT2D eigenvalue weighted by Gasteiger charge is 2.33. The molecule has 0 amide bonds. The molecule has 0 saturated carbocycles. The summed E-state index contributed by atoms with van der Waals surface area (Å²) in [6.07, 6.45) is 3.61. The van der Waals surface area contributed by atoms with Gasteiger partial charge in [-0.2, -0.15) is 0 Å². The Bertz CT molecular complexity index is 392. The van der Waals surface area contributed by atoms with Crippen LogP contribution in [0.3, 0.4) is 0 Å². The number of hydrogen-bond donors (Lipinski definition) is 1. The maximum Gasteiger partial charge on any atom is 0.128 e. The van der Waals surface area contributed by atoms with Crippen LogP contribution in [-0.4, -0.2) is 19.8 Å². The summed E-state index contributed by atoms with van der Waals surface area (Å²) in [5, 5.41) is 3.59. The third-order valence-corrected chi connectivity index (χ3v) is 3.39. The van der Waals surface area contributed by atoms with Gasteiger partial charge in [0.15, 0.2) is 0 Å². The van der Waals surface area contributed by atoms with Crippen LogP contribution in [0.2, 0.25) is 0 Å². The van der Waals surface area contributed by atoms with Crippen LogP contribution in [0.25, 0.3) is 0 Å². The second-order valence-corrected chi connectivity index (χ2v) is 4.78. The molecule has 0 aromatic heterocycles. The van der Waals surface area contributed by atoms with Crippen molar-refractivity contribution < 1.29 is 9.47 Å². The predicted molar refractivity (Wildman–Crippen MR) is 73.4 cm³/mol. The molecular formula is C15H23NO2. The average Bonchev–Trinajstić information content (AvgIpc) is 2.73. The molecule has 1 aliphatic rings. The van der Waals surface area contributed by atoms with Crippen LogP contribution in [0, 0.1) is 0 Å². The first-order valence-electron chi connectivity index (χ1n) is 6.88. The zero-order valence-electron chi connectivity index (χ0n) is 11.5. The highest BCUT2D eigenvalue weighted by molar-refractivity contribution is 5.45. The molecule has 1 heterocycles. The Labute approximate surface area is 109 Å². The van der Waals surface area contributed by atoms with E-state index in [4.69, 9.17) is 9.47 Å². The zero-order chi connectivity index (χ0) is 13.0. The second kappa shape index (κ2) is 6.10. The molecule has 0 bridgehead atoms. The number of hydrogen-bond acceptors (Lipinski definition) is 3. The first-order chi connectivity index (χ1) is 8.80. The van der Waals surface area contributed by atoms with Gasteiger partial charge in [-0.1, -0.05) is 20.3 Å². The van der Waals surface area contributed by atoms with Gasteiger partial charge in [-0.15, -0.1) is 0 Å². The quantitative estimate of drug-likeness (QED) is 0.839. The topological polar surface area (TPSA) is 30.5 Å². The Morgan fingerprint density at radius 1 is 1.28 bits per heavy atom. The van der Waals surface area contributed by atoms with Crippen molar-refractivity contribution in [2.24, 2.45) is 0 Å². The summed E-state index contributed by atoms with van der Waals surface area (Å²) < 4.78 is 11.3. The van der Waals surface area contributed by atoms with E-state index in [-0.39, 0.29) is 6.10 Å². The standard InChI is InChI=1S/C15H23NO2/c1-4-6-13-15(16-9-5-2)12-8-7-11(17-3)10-14(12)18-13/h7-8,10,13,15-16H,4-6,9H2,1-3H3. The van der Waals surface area contributed by atoms with Crippen LogP contribution in [0.1, 0.15) is 44.7 Å². The van der Waals surface area contributed by atoms with E-state index < -0.39 is 0 Å². The summed E-state index contributed by atoms with van der Waals surface area (Å²) in [6.45, 7) is 5.41. The maximum absolute atomic E-state index is 6.06. The lowest BCUT2D eigenvalue weighted by Crippen LogP contribution is -2.31. The molecule has 1 N–H and O–H groups in total. The maximum atomic E-state index is 6.06. The first-order valence-corrected chi connectivity index (χ1v) is 6.88. The summed E-state index contributed by atoms with van der Waals surface area (Å²) in [5.41, 5.74) is 1.27. The number of ether oxygens (including phenoxy) is 2. The number of rotatable bonds is 6. The molecular weight excluding hydrogens is 226 g/mol. The van der Waals surface area contributed by atoms with E-state index in [1.807, 2.05) is 12.1 Å². The molecule has 1 aromatic carbocycles. The minimum absolute atomic E-state index is 0.253. The lowest BCUT2D eigenvalue weighted by atomic mass is 10.0. The van der Waals surface area contributed by atoms with Gasteiger partial charge in [0.05, 0.1) is 13.2 Å². The summed E-state index contributed by atoms with van der Waals surface area (Å²) in [4.78, 5) is 0. The average molecular weight is 249 g/mol. The lowest BCUT2D eigenvalue weighted by Gasteiger charge is -2.19. The van der Waals surface area contributed by atoms with Crippen LogP contribution >= 0.6 is 0 Å². The van der Waals surface area contributed by atoms with Crippen LogP contribution in [0.5, 0.6) is 11.5 Å². The Morgan fingerprint density at radius 2 is 2.11 bits per heavy atom. The molecule has 0 fully saturated rings. The molecule has 3 heteroatoms. The molecule has 2 rings (SSSR count). The number of benzene rings is 1. The predicted octanol–water partition coefficient (Wildman–Crippen LogP) is 3.30. The molecule has 3 nitrogen and oxygen atoms in total. The van der Waals surface area contributed by atoms with E-state index in [0.29, 0.717) is 6.04 Å². The van der Waals surface area contributed by atoms with Gasteiger partial charge in [-0.05, 0) is 31.5 Å². The van der Waals surface area contributed by atoms with E-state index in [9.17, 15) is 0 Å². The van der Waals surface area contributed by atoms with Crippen molar-refractivity contribution >= 4 is 0 Å². The Hall–Kier alpha value is -1.22. The van der Waals surface area contributed by atoms with Crippen LogP contribution < -0.4 is 14.8 Å². The van der Waals surface area contributed by atoms with E-state index in [0.717, 1.165) is 37.3 Å². The van der Waals surface area contributed by atoms with Crippen molar-refractivity contribution in [1.82, 2.24) is 5.32 Å². The molecule has 2 atom stereocenters. The molecule has 0 aliphatic carbocycles. The van der Waals surface area contributed by atoms with Gasteiger partial charge in [0.1, 0.15) is 17.6 Å². The molecule has 2 unspecified atom stereocenters. The fraction of sp³-hybridized carbons (Fsp3) is 0.600. The SMILES string of the molecule is CCCNC1c2ccc(OC)cc2OC1CCC. The second-order valence-electron chi connectivity index (χ2n) is 4.78. The molecule has 0 radical (unpaired) electrons. The van der Waals surface area contributed by atoms with Crippen molar-refractivity contribution in [3.8, 4) is 11.5 Å². The van der Waals surface area contributed by atoms with Gasteiger partial charge < -0.3 is 14.8 Å². The lowest BCUT2D eigenvalue weighted by molar-refractivity contribution is 0.178. The van der Waals surface area contributed by atoms with Crippen LogP contribution in [-0.2, 0) is 0 Å². The zero-order valence-corrected chi connectivity index (χ0v) is 11.5. The van der Waals surface area contributed by atoms with E-state index in [2.05, 4.69) is 25.2 Å². The highest BCUT2D eigenvalue weighted by atomic mass is 16.5. The summed E-state index contributed by atoms with van der Waals surface area (Å²) in [7, 11) is 1.69. The normalized spacial score (nSPS) is 21.5. The Morgan fingerprint density at radius 3 is 2.78 bits per heavy atom. The smallest absolute Gasteiger partial charge is 0.128 e. The third kappa shape index (κ3) is 2.61. The minimum atomic E-state index is 0.253. The van der Waals surface area contributed by atoms with Gasteiger partial charge in [0.25, 0.3) is 0 Å². The Kier molecular flexibility index (Phi) is 4.48. The monoisotopic (exact) mass is 249 g/mol. The molecule has 100 valence electrons. The fourth-order valence-electron chi connectivity index (χ4n) is 2.48. The van der Waals surface area contributed by atoms with Crippen molar-refractivity contribution in [3.05, 3.63) is 23.8 Å². The van der Waals surface area contributed by atoms with Crippen molar-refractivity contribution in [2.75, 3.05) is 13.7 Å². The van der Waals surface area contributed by atoms with Crippen molar-refractivity contribution in [3.63, 3.8) is 0 Å². The third-order valence-electron chi connectivity index (χ3n) is 3.39. The Balaban J connectivity index is 2.20. The summed E-state index contributed by atoms with van der Waals surface area (Å²) in [5.74, 6) is 1.83. The fourth-order valence-corrected chi connectivity index (χ4v) is 2.48.